The summed E-state index contributed by atoms with van der Waals surface area (Å²) in [6, 6.07) is 6.71. The predicted molar refractivity (Wildman–Crippen MR) is 76.8 cm³/mol. The first-order valence-corrected chi connectivity index (χ1v) is 6.83. The van der Waals surface area contributed by atoms with E-state index in [9.17, 15) is 0 Å². The molecule has 2 heterocycles. The van der Waals surface area contributed by atoms with Gasteiger partial charge in [0.2, 0.25) is 0 Å². The summed E-state index contributed by atoms with van der Waals surface area (Å²) in [7, 11) is 0. The lowest BCUT2D eigenvalue weighted by Crippen LogP contribution is -2.24. The normalized spacial score (nSPS) is 12.8. The second-order valence-electron chi connectivity index (χ2n) is 5.24. The van der Waals surface area contributed by atoms with Crippen LogP contribution in [-0.4, -0.2) is 20.8 Å². The van der Waals surface area contributed by atoms with Gasteiger partial charge in [-0.15, -0.1) is 0 Å². The van der Waals surface area contributed by atoms with Gasteiger partial charge in [-0.1, -0.05) is 0 Å². The number of aryl methyl sites for hydroxylation is 1. The van der Waals surface area contributed by atoms with Crippen LogP contribution in [0, 0.1) is 0 Å². The Morgan fingerprint density at radius 1 is 1.21 bits per heavy atom. The quantitative estimate of drug-likeness (QED) is 0.865. The van der Waals surface area contributed by atoms with Crippen LogP contribution in [0.3, 0.4) is 0 Å². The minimum absolute atomic E-state index is 0.156. The molecule has 19 heavy (non-hydrogen) atoms. The molecular weight excluding hydrogens is 236 g/mol. The first-order chi connectivity index (χ1) is 9.15. The number of nitrogens with two attached hydrogens (primary N) is 1. The number of pyridine rings is 1. The molecule has 0 fully saturated rings. The van der Waals surface area contributed by atoms with Gasteiger partial charge in [-0.25, -0.2) is 0 Å². The van der Waals surface area contributed by atoms with Gasteiger partial charge in [0.15, 0.2) is 0 Å². The van der Waals surface area contributed by atoms with Crippen molar-refractivity contribution in [1.29, 1.82) is 0 Å². The molecule has 102 valence electrons. The average molecular weight is 258 g/mol. The van der Waals surface area contributed by atoms with Crippen molar-refractivity contribution in [3.8, 4) is 0 Å². The van der Waals surface area contributed by atoms with Crippen LogP contribution in [0.25, 0.3) is 0 Å². The summed E-state index contributed by atoms with van der Waals surface area (Å²) >= 11 is 0. The minimum Gasteiger partial charge on any atom is -0.327 e. The SMILES string of the molecule is CC(C)n1ccc(CC(N)CCc2ccncc2)n1. The summed E-state index contributed by atoms with van der Waals surface area (Å²) in [4.78, 5) is 4.02. The third kappa shape index (κ3) is 4.17. The van der Waals surface area contributed by atoms with Crippen molar-refractivity contribution in [1.82, 2.24) is 14.8 Å². The second kappa shape index (κ2) is 6.48. The molecule has 0 saturated heterocycles. The van der Waals surface area contributed by atoms with Crippen LogP contribution in [-0.2, 0) is 12.8 Å². The Labute approximate surface area is 114 Å². The molecule has 4 heteroatoms. The lowest BCUT2D eigenvalue weighted by molar-refractivity contribution is 0.518. The second-order valence-corrected chi connectivity index (χ2v) is 5.24. The topological polar surface area (TPSA) is 56.7 Å². The summed E-state index contributed by atoms with van der Waals surface area (Å²) in [5.74, 6) is 0. The summed E-state index contributed by atoms with van der Waals surface area (Å²) in [6.45, 7) is 4.25. The van der Waals surface area contributed by atoms with Gasteiger partial charge in [-0.2, -0.15) is 5.10 Å². The monoisotopic (exact) mass is 258 g/mol. The van der Waals surface area contributed by atoms with Gasteiger partial charge in [-0.05, 0) is 50.5 Å². The molecule has 0 aliphatic carbocycles. The highest BCUT2D eigenvalue weighted by atomic mass is 15.3. The molecule has 0 spiro atoms. The molecule has 0 aliphatic heterocycles. The van der Waals surface area contributed by atoms with Crippen LogP contribution in [0.15, 0.2) is 36.8 Å². The zero-order valence-electron chi connectivity index (χ0n) is 11.7. The standard InChI is InChI=1S/C15H22N4/c1-12(2)19-10-7-15(18-19)11-14(16)4-3-13-5-8-17-9-6-13/h5-10,12,14H,3-4,11,16H2,1-2H3. The summed E-state index contributed by atoms with van der Waals surface area (Å²) in [5.41, 5.74) is 8.54. The Hall–Kier alpha value is -1.68. The first kappa shape index (κ1) is 13.7. The first-order valence-electron chi connectivity index (χ1n) is 6.83. The van der Waals surface area contributed by atoms with Crippen molar-refractivity contribution in [2.24, 2.45) is 5.73 Å². The third-order valence-corrected chi connectivity index (χ3v) is 3.22. The highest BCUT2D eigenvalue weighted by molar-refractivity contribution is 5.10. The van der Waals surface area contributed by atoms with E-state index in [-0.39, 0.29) is 6.04 Å². The Kier molecular flexibility index (Phi) is 4.68. The average Bonchev–Trinajstić information content (AvgIpc) is 2.86. The molecular formula is C15H22N4. The lowest BCUT2D eigenvalue weighted by Gasteiger charge is -2.10. The van der Waals surface area contributed by atoms with E-state index in [0.717, 1.165) is 25.0 Å². The Bertz CT molecular complexity index is 490. The van der Waals surface area contributed by atoms with E-state index in [1.165, 1.54) is 5.56 Å². The number of rotatable bonds is 6. The fraction of sp³-hybridized carbons (Fsp3) is 0.467. The molecule has 1 unspecified atom stereocenters. The molecule has 2 aromatic rings. The minimum atomic E-state index is 0.156. The molecule has 0 radical (unpaired) electrons. The summed E-state index contributed by atoms with van der Waals surface area (Å²) in [6.07, 6.45) is 8.48. The van der Waals surface area contributed by atoms with Crippen molar-refractivity contribution in [2.45, 2.75) is 45.2 Å². The fourth-order valence-electron chi connectivity index (χ4n) is 2.05. The van der Waals surface area contributed by atoms with Crippen LogP contribution >= 0.6 is 0 Å². The van der Waals surface area contributed by atoms with E-state index in [1.807, 2.05) is 35.4 Å². The van der Waals surface area contributed by atoms with E-state index in [0.29, 0.717) is 6.04 Å². The van der Waals surface area contributed by atoms with Crippen LogP contribution in [0.4, 0.5) is 0 Å². The molecule has 0 saturated carbocycles. The highest BCUT2D eigenvalue weighted by Gasteiger charge is 2.08. The van der Waals surface area contributed by atoms with Gasteiger partial charge in [-0.3, -0.25) is 9.67 Å². The maximum Gasteiger partial charge on any atom is 0.0640 e. The molecule has 0 amide bonds. The van der Waals surface area contributed by atoms with E-state index in [4.69, 9.17) is 5.73 Å². The largest absolute Gasteiger partial charge is 0.327 e. The van der Waals surface area contributed by atoms with Gasteiger partial charge in [0.1, 0.15) is 0 Å². The molecule has 0 aliphatic rings. The molecule has 1 atom stereocenters. The van der Waals surface area contributed by atoms with Crippen molar-refractivity contribution in [3.63, 3.8) is 0 Å². The molecule has 2 rings (SSSR count). The predicted octanol–water partition coefficient (Wildman–Crippen LogP) is 2.36. The van der Waals surface area contributed by atoms with Crippen LogP contribution < -0.4 is 5.73 Å². The Morgan fingerprint density at radius 3 is 2.58 bits per heavy atom. The number of hydrogen-bond donors (Lipinski definition) is 1. The molecule has 2 N–H and O–H groups in total. The van der Waals surface area contributed by atoms with Crippen LogP contribution in [0.1, 0.15) is 37.6 Å². The van der Waals surface area contributed by atoms with E-state index in [1.54, 1.807) is 0 Å². The molecule has 0 bridgehead atoms. The van der Waals surface area contributed by atoms with E-state index >= 15 is 0 Å². The number of nitrogens with zero attached hydrogens (tertiary/aromatic N) is 3. The Morgan fingerprint density at radius 2 is 1.95 bits per heavy atom. The van der Waals surface area contributed by atoms with Crippen LogP contribution in [0.2, 0.25) is 0 Å². The van der Waals surface area contributed by atoms with E-state index < -0.39 is 0 Å². The number of hydrogen-bond acceptors (Lipinski definition) is 3. The van der Waals surface area contributed by atoms with Crippen LogP contribution in [0.5, 0.6) is 0 Å². The Balaban J connectivity index is 1.82. The van der Waals surface area contributed by atoms with Crippen molar-refractivity contribution in [2.75, 3.05) is 0 Å². The molecule has 0 aromatic carbocycles. The zero-order chi connectivity index (χ0) is 13.7. The maximum absolute atomic E-state index is 6.17. The highest BCUT2D eigenvalue weighted by Crippen LogP contribution is 2.09. The maximum atomic E-state index is 6.17. The third-order valence-electron chi connectivity index (χ3n) is 3.22. The lowest BCUT2D eigenvalue weighted by atomic mass is 10.0. The summed E-state index contributed by atoms with van der Waals surface area (Å²) < 4.78 is 1.98. The van der Waals surface area contributed by atoms with Gasteiger partial charge in [0, 0.05) is 37.1 Å². The van der Waals surface area contributed by atoms with Crippen molar-refractivity contribution in [3.05, 3.63) is 48.0 Å². The summed E-state index contributed by atoms with van der Waals surface area (Å²) in [5, 5.41) is 4.53. The van der Waals surface area contributed by atoms with E-state index in [2.05, 4.69) is 30.0 Å². The van der Waals surface area contributed by atoms with Gasteiger partial charge in [0.05, 0.1) is 5.69 Å². The van der Waals surface area contributed by atoms with Gasteiger partial charge < -0.3 is 5.73 Å². The van der Waals surface area contributed by atoms with Gasteiger partial charge >= 0.3 is 0 Å². The van der Waals surface area contributed by atoms with Gasteiger partial charge in [0.25, 0.3) is 0 Å². The smallest absolute Gasteiger partial charge is 0.0640 e. The zero-order valence-corrected chi connectivity index (χ0v) is 11.7. The molecule has 4 nitrogen and oxygen atoms in total. The van der Waals surface area contributed by atoms with Crippen molar-refractivity contribution >= 4 is 0 Å². The van der Waals surface area contributed by atoms with Crippen molar-refractivity contribution < 1.29 is 0 Å². The number of aromatic nitrogens is 3. The fourth-order valence-corrected chi connectivity index (χ4v) is 2.05. The molecule has 2 aromatic heterocycles.